The molecule has 0 bridgehead atoms. The predicted molar refractivity (Wildman–Crippen MR) is 51.8 cm³/mol. The smallest absolute Gasteiger partial charge is 0.0160 e. The zero-order valence-corrected chi connectivity index (χ0v) is 7.97. The number of likely N-dealkylation sites (N-methyl/N-ethyl adjacent to an activating group) is 1. The molecule has 0 aromatic heterocycles. The Kier molecular flexibility index (Phi) is 7.59. The molecule has 0 heterocycles. The van der Waals surface area contributed by atoms with Gasteiger partial charge in [0.25, 0.3) is 0 Å². The second kappa shape index (κ2) is 7.80. The maximum Gasteiger partial charge on any atom is 0.0160 e. The molecular formula is C10H21N. The van der Waals surface area contributed by atoms with E-state index >= 15 is 0 Å². The van der Waals surface area contributed by atoms with Gasteiger partial charge in [-0.2, -0.15) is 0 Å². The Hall–Kier alpha value is -0.300. The predicted octanol–water partition coefficient (Wildman–Crippen LogP) is 2.68. The lowest BCUT2D eigenvalue weighted by Crippen LogP contribution is -2.24. The van der Waals surface area contributed by atoms with E-state index < -0.39 is 0 Å². The van der Waals surface area contributed by atoms with Gasteiger partial charge in [-0.25, -0.2) is 0 Å². The van der Waals surface area contributed by atoms with Gasteiger partial charge >= 0.3 is 0 Å². The lowest BCUT2D eigenvalue weighted by molar-refractivity contribution is 0.311. The fourth-order valence-electron chi connectivity index (χ4n) is 1.15. The molecule has 0 atom stereocenters. The minimum Gasteiger partial charge on any atom is -0.300 e. The highest BCUT2D eigenvalue weighted by Gasteiger charge is 1.97. The van der Waals surface area contributed by atoms with E-state index in [0.717, 1.165) is 13.1 Å². The third-order valence-electron chi connectivity index (χ3n) is 1.91. The lowest BCUT2D eigenvalue weighted by Gasteiger charge is -2.17. The number of rotatable bonds is 7. The highest BCUT2D eigenvalue weighted by molar-refractivity contribution is 4.72. The third kappa shape index (κ3) is 6.11. The molecule has 0 saturated carbocycles. The molecule has 0 spiro atoms. The van der Waals surface area contributed by atoms with Crippen LogP contribution in [0.1, 0.15) is 33.1 Å². The molecule has 1 heteroatoms. The molecule has 0 N–H and O–H groups in total. The van der Waals surface area contributed by atoms with Crippen LogP contribution in [0, 0.1) is 0 Å². The molecule has 0 fully saturated rings. The van der Waals surface area contributed by atoms with Gasteiger partial charge < -0.3 is 0 Å². The van der Waals surface area contributed by atoms with Crippen molar-refractivity contribution in [1.29, 1.82) is 0 Å². The summed E-state index contributed by atoms with van der Waals surface area (Å²) in [7, 11) is 0. The number of hydrogen-bond acceptors (Lipinski definition) is 1. The highest BCUT2D eigenvalue weighted by atomic mass is 15.1. The van der Waals surface area contributed by atoms with Crippen molar-refractivity contribution in [2.24, 2.45) is 0 Å². The summed E-state index contributed by atoms with van der Waals surface area (Å²) >= 11 is 0. The van der Waals surface area contributed by atoms with Crippen molar-refractivity contribution in [3.8, 4) is 0 Å². The summed E-state index contributed by atoms with van der Waals surface area (Å²) in [6.07, 6.45) is 5.98. The summed E-state index contributed by atoms with van der Waals surface area (Å²) < 4.78 is 0. The first kappa shape index (κ1) is 10.7. The first-order valence-corrected chi connectivity index (χ1v) is 4.68. The molecule has 0 unspecified atom stereocenters. The maximum absolute atomic E-state index is 3.74. The van der Waals surface area contributed by atoms with Crippen LogP contribution in [0.15, 0.2) is 12.7 Å². The standard InChI is InChI=1S/C10H21N/c1-4-7-8-10-11(6-3)9-5-2/h5H,2,4,6-10H2,1,3H3. The van der Waals surface area contributed by atoms with Crippen molar-refractivity contribution in [3.63, 3.8) is 0 Å². The van der Waals surface area contributed by atoms with Crippen molar-refractivity contribution in [2.45, 2.75) is 33.1 Å². The third-order valence-corrected chi connectivity index (χ3v) is 1.91. The quantitative estimate of drug-likeness (QED) is 0.403. The Morgan fingerprint density at radius 1 is 1.27 bits per heavy atom. The van der Waals surface area contributed by atoms with Gasteiger partial charge in [-0.3, -0.25) is 4.90 Å². The summed E-state index contributed by atoms with van der Waals surface area (Å²) in [5.74, 6) is 0. The minimum absolute atomic E-state index is 1.04. The summed E-state index contributed by atoms with van der Waals surface area (Å²) in [5, 5.41) is 0. The van der Waals surface area contributed by atoms with Crippen molar-refractivity contribution >= 4 is 0 Å². The first-order valence-electron chi connectivity index (χ1n) is 4.68. The Morgan fingerprint density at radius 3 is 2.45 bits per heavy atom. The Morgan fingerprint density at radius 2 is 2.00 bits per heavy atom. The van der Waals surface area contributed by atoms with Gasteiger partial charge in [-0.05, 0) is 19.5 Å². The average Bonchev–Trinajstić information content (AvgIpc) is 2.03. The van der Waals surface area contributed by atoms with Crippen LogP contribution >= 0.6 is 0 Å². The van der Waals surface area contributed by atoms with Crippen molar-refractivity contribution < 1.29 is 0 Å². The molecule has 0 radical (unpaired) electrons. The van der Waals surface area contributed by atoms with Gasteiger partial charge in [0.1, 0.15) is 0 Å². The maximum atomic E-state index is 3.74. The molecule has 0 aliphatic rings. The van der Waals surface area contributed by atoms with E-state index in [-0.39, 0.29) is 0 Å². The van der Waals surface area contributed by atoms with Crippen LogP contribution in [0.4, 0.5) is 0 Å². The van der Waals surface area contributed by atoms with Gasteiger partial charge in [0, 0.05) is 6.54 Å². The fourth-order valence-corrected chi connectivity index (χ4v) is 1.15. The van der Waals surface area contributed by atoms with Crippen molar-refractivity contribution in [2.75, 3.05) is 19.6 Å². The van der Waals surface area contributed by atoms with E-state index in [1.54, 1.807) is 0 Å². The van der Waals surface area contributed by atoms with E-state index in [2.05, 4.69) is 25.3 Å². The molecule has 0 saturated heterocycles. The highest BCUT2D eigenvalue weighted by Crippen LogP contribution is 1.97. The fraction of sp³-hybridized carbons (Fsp3) is 0.800. The van der Waals surface area contributed by atoms with Crippen molar-refractivity contribution in [1.82, 2.24) is 4.90 Å². The largest absolute Gasteiger partial charge is 0.300 e. The van der Waals surface area contributed by atoms with E-state index in [1.807, 2.05) is 6.08 Å². The van der Waals surface area contributed by atoms with Gasteiger partial charge in [-0.15, -0.1) is 6.58 Å². The van der Waals surface area contributed by atoms with Crippen LogP contribution in [-0.4, -0.2) is 24.5 Å². The number of nitrogens with zero attached hydrogens (tertiary/aromatic N) is 1. The summed E-state index contributed by atoms with van der Waals surface area (Å²) in [6, 6.07) is 0. The van der Waals surface area contributed by atoms with Crippen LogP contribution in [0.2, 0.25) is 0 Å². The zero-order chi connectivity index (χ0) is 8.53. The van der Waals surface area contributed by atoms with Gasteiger partial charge in [0.2, 0.25) is 0 Å². The number of hydrogen-bond donors (Lipinski definition) is 0. The minimum atomic E-state index is 1.04. The molecule has 1 nitrogen and oxygen atoms in total. The molecule has 0 aromatic carbocycles. The van der Waals surface area contributed by atoms with Crippen LogP contribution in [0.3, 0.4) is 0 Å². The molecule has 0 aliphatic heterocycles. The zero-order valence-electron chi connectivity index (χ0n) is 7.97. The molecule has 66 valence electrons. The molecule has 0 rings (SSSR count). The molecule has 0 amide bonds. The number of unbranched alkanes of at least 4 members (excludes halogenated alkanes) is 2. The van der Waals surface area contributed by atoms with Crippen molar-refractivity contribution in [3.05, 3.63) is 12.7 Å². The first-order chi connectivity index (χ1) is 5.35. The molecular weight excluding hydrogens is 134 g/mol. The topological polar surface area (TPSA) is 3.24 Å². The van der Waals surface area contributed by atoms with E-state index in [1.165, 1.54) is 25.8 Å². The normalized spacial score (nSPS) is 10.5. The molecule has 0 aromatic rings. The second-order valence-corrected chi connectivity index (χ2v) is 2.89. The second-order valence-electron chi connectivity index (χ2n) is 2.89. The van der Waals surface area contributed by atoms with Gasteiger partial charge in [0.05, 0.1) is 0 Å². The van der Waals surface area contributed by atoms with E-state index in [4.69, 9.17) is 0 Å². The Balaban J connectivity index is 3.27. The average molecular weight is 155 g/mol. The monoisotopic (exact) mass is 155 g/mol. The van der Waals surface area contributed by atoms with E-state index in [0.29, 0.717) is 0 Å². The van der Waals surface area contributed by atoms with Crippen LogP contribution in [-0.2, 0) is 0 Å². The molecule has 0 aliphatic carbocycles. The molecule has 11 heavy (non-hydrogen) atoms. The van der Waals surface area contributed by atoms with Crippen LogP contribution < -0.4 is 0 Å². The summed E-state index contributed by atoms with van der Waals surface area (Å²) in [4.78, 5) is 2.42. The van der Waals surface area contributed by atoms with Gasteiger partial charge in [0.15, 0.2) is 0 Å². The van der Waals surface area contributed by atoms with Crippen LogP contribution in [0.5, 0.6) is 0 Å². The Labute approximate surface area is 71.1 Å². The van der Waals surface area contributed by atoms with E-state index in [9.17, 15) is 0 Å². The lowest BCUT2D eigenvalue weighted by atomic mass is 10.2. The SMILES string of the molecule is C=CCN(CC)CCCCC. The summed E-state index contributed by atoms with van der Waals surface area (Å²) in [6.45, 7) is 11.6. The van der Waals surface area contributed by atoms with Crippen LogP contribution in [0.25, 0.3) is 0 Å². The Bertz CT molecular complexity index is 88.9. The van der Waals surface area contributed by atoms with Gasteiger partial charge in [-0.1, -0.05) is 32.8 Å². The summed E-state index contributed by atoms with van der Waals surface area (Å²) in [5.41, 5.74) is 0.